The lowest BCUT2D eigenvalue weighted by Gasteiger charge is -2.27. The zero-order valence-corrected chi connectivity index (χ0v) is 19.3. The SMILES string of the molecule is CCOc1ccccc1[C@@H]1C(=C(O)c2ccc(OC)c(C)c2)C(=O)C(=O)N1Cc1cccnc1. The van der Waals surface area contributed by atoms with Gasteiger partial charge in [0.05, 0.1) is 25.3 Å². The average molecular weight is 459 g/mol. The van der Waals surface area contributed by atoms with E-state index in [1.807, 2.05) is 38.1 Å². The quantitative estimate of drug-likeness (QED) is 0.320. The summed E-state index contributed by atoms with van der Waals surface area (Å²) in [6.45, 7) is 4.28. The molecule has 0 radical (unpaired) electrons. The van der Waals surface area contributed by atoms with Crippen molar-refractivity contribution in [2.75, 3.05) is 13.7 Å². The van der Waals surface area contributed by atoms with Crippen molar-refractivity contribution in [3.63, 3.8) is 0 Å². The zero-order chi connectivity index (χ0) is 24.2. The van der Waals surface area contributed by atoms with Gasteiger partial charge in [0, 0.05) is 30.1 Å². The third-order valence-electron chi connectivity index (χ3n) is 5.80. The van der Waals surface area contributed by atoms with Gasteiger partial charge in [0.15, 0.2) is 0 Å². The Bertz CT molecular complexity index is 1250. The van der Waals surface area contributed by atoms with E-state index in [9.17, 15) is 14.7 Å². The number of benzene rings is 2. The maximum atomic E-state index is 13.3. The normalized spacial score (nSPS) is 17.1. The van der Waals surface area contributed by atoms with Crippen molar-refractivity contribution in [3.05, 3.63) is 94.8 Å². The smallest absolute Gasteiger partial charge is 0.295 e. The van der Waals surface area contributed by atoms with Crippen molar-refractivity contribution in [2.24, 2.45) is 0 Å². The van der Waals surface area contributed by atoms with Crippen LogP contribution in [-0.4, -0.2) is 40.4 Å². The first-order chi connectivity index (χ1) is 16.5. The van der Waals surface area contributed by atoms with Crippen LogP contribution < -0.4 is 9.47 Å². The van der Waals surface area contributed by atoms with Crippen molar-refractivity contribution >= 4 is 17.4 Å². The highest BCUT2D eigenvalue weighted by atomic mass is 16.5. The second kappa shape index (κ2) is 9.79. The van der Waals surface area contributed by atoms with Crippen LogP contribution in [0.1, 0.15) is 35.2 Å². The number of aryl methyl sites for hydroxylation is 1. The Morgan fingerprint density at radius 3 is 2.56 bits per heavy atom. The van der Waals surface area contributed by atoms with E-state index < -0.39 is 17.7 Å². The number of rotatable bonds is 7. The summed E-state index contributed by atoms with van der Waals surface area (Å²) in [6.07, 6.45) is 3.29. The van der Waals surface area contributed by atoms with E-state index in [2.05, 4.69) is 4.98 Å². The zero-order valence-electron chi connectivity index (χ0n) is 19.3. The Morgan fingerprint density at radius 1 is 1.09 bits per heavy atom. The molecule has 1 N–H and O–H groups in total. The molecule has 4 rings (SSSR count). The fourth-order valence-corrected chi connectivity index (χ4v) is 4.23. The van der Waals surface area contributed by atoms with Crippen molar-refractivity contribution in [2.45, 2.75) is 26.4 Å². The number of hydrogen-bond acceptors (Lipinski definition) is 6. The van der Waals surface area contributed by atoms with Crippen molar-refractivity contribution < 1.29 is 24.2 Å². The van der Waals surface area contributed by atoms with Gasteiger partial charge in [-0.2, -0.15) is 0 Å². The Hall–Kier alpha value is -4.13. The minimum atomic E-state index is -0.828. The molecule has 1 fully saturated rings. The molecule has 34 heavy (non-hydrogen) atoms. The third kappa shape index (κ3) is 4.24. The van der Waals surface area contributed by atoms with Crippen LogP contribution in [0.25, 0.3) is 5.76 Å². The van der Waals surface area contributed by atoms with Crippen LogP contribution in [0.5, 0.6) is 11.5 Å². The second-order valence-electron chi connectivity index (χ2n) is 7.94. The average Bonchev–Trinajstić information content (AvgIpc) is 3.09. The molecule has 0 aliphatic carbocycles. The van der Waals surface area contributed by atoms with Crippen LogP contribution in [0.15, 0.2) is 72.6 Å². The number of methoxy groups -OCH3 is 1. The van der Waals surface area contributed by atoms with Gasteiger partial charge in [0.2, 0.25) is 0 Å². The first-order valence-corrected chi connectivity index (χ1v) is 11.0. The molecule has 1 saturated heterocycles. The number of Topliss-reactive ketones (excluding diaryl/α,β-unsaturated/α-hetero) is 1. The number of carbonyl (C=O) groups excluding carboxylic acids is 2. The first-order valence-electron chi connectivity index (χ1n) is 11.0. The summed E-state index contributed by atoms with van der Waals surface area (Å²) in [5, 5.41) is 11.3. The molecule has 174 valence electrons. The summed E-state index contributed by atoms with van der Waals surface area (Å²) in [5.74, 6) is -0.469. The van der Waals surface area contributed by atoms with E-state index in [1.165, 1.54) is 4.90 Å². The topological polar surface area (TPSA) is 89.0 Å². The summed E-state index contributed by atoms with van der Waals surface area (Å²) < 4.78 is 11.1. The minimum Gasteiger partial charge on any atom is -0.507 e. The standard InChI is InChI=1S/C27H26N2O5/c1-4-34-22-10-6-5-9-20(22)24-23(25(30)19-11-12-21(33-3)17(2)14-19)26(31)27(32)29(24)16-18-8-7-13-28-15-18/h5-15,24,30H,4,16H2,1-3H3/t24-/m1/s1. The number of nitrogens with zero attached hydrogens (tertiary/aromatic N) is 2. The van der Waals surface area contributed by atoms with Crippen molar-refractivity contribution in [3.8, 4) is 11.5 Å². The van der Waals surface area contributed by atoms with Gasteiger partial charge in [-0.15, -0.1) is 0 Å². The summed E-state index contributed by atoms with van der Waals surface area (Å²) in [5.41, 5.74) is 2.63. The third-order valence-corrected chi connectivity index (χ3v) is 5.80. The fraction of sp³-hybridized carbons (Fsp3) is 0.222. The van der Waals surface area contributed by atoms with Crippen LogP contribution >= 0.6 is 0 Å². The van der Waals surface area contributed by atoms with Gasteiger partial charge < -0.3 is 19.5 Å². The molecule has 0 spiro atoms. The predicted molar refractivity (Wildman–Crippen MR) is 127 cm³/mol. The summed E-state index contributed by atoms with van der Waals surface area (Å²) in [4.78, 5) is 32.1. The lowest BCUT2D eigenvalue weighted by Crippen LogP contribution is -2.29. The van der Waals surface area contributed by atoms with Crippen LogP contribution in [0, 0.1) is 6.92 Å². The Morgan fingerprint density at radius 2 is 1.88 bits per heavy atom. The van der Waals surface area contributed by atoms with Gasteiger partial charge >= 0.3 is 0 Å². The Labute approximate surface area is 198 Å². The number of aromatic nitrogens is 1. The van der Waals surface area contributed by atoms with Crippen LogP contribution in [0.4, 0.5) is 0 Å². The van der Waals surface area contributed by atoms with Crippen LogP contribution in [-0.2, 0) is 16.1 Å². The maximum Gasteiger partial charge on any atom is 0.295 e. The summed E-state index contributed by atoms with van der Waals surface area (Å²) in [6, 6.07) is 15.2. The number of pyridine rings is 1. The molecule has 3 aromatic rings. The molecule has 0 unspecified atom stereocenters. The molecular formula is C27H26N2O5. The first kappa shape index (κ1) is 23.0. The van der Waals surface area contributed by atoms with Gasteiger partial charge in [0.1, 0.15) is 17.3 Å². The number of aliphatic hydroxyl groups excluding tert-OH is 1. The molecule has 2 heterocycles. The highest BCUT2D eigenvalue weighted by Gasteiger charge is 2.47. The molecule has 1 amide bonds. The van der Waals surface area contributed by atoms with Crippen LogP contribution in [0.2, 0.25) is 0 Å². The number of carbonyl (C=O) groups is 2. The summed E-state index contributed by atoms with van der Waals surface area (Å²) in [7, 11) is 1.57. The largest absolute Gasteiger partial charge is 0.507 e. The predicted octanol–water partition coefficient (Wildman–Crippen LogP) is 4.42. The number of ketones is 1. The minimum absolute atomic E-state index is 0.0191. The van der Waals surface area contributed by atoms with Gasteiger partial charge in [-0.3, -0.25) is 14.6 Å². The fourth-order valence-electron chi connectivity index (χ4n) is 4.23. The number of aliphatic hydroxyl groups is 1. The Kier molecular flexibility index (Phi) is 6.63. The number of likely N-dealkylation sites (tertiary alicyclic amines) is 1. The molecule has 0 saturated carbocycles. The molecule has 0 bridgehead atoms. The summed E-state index contributed by atoms with van der Waals surface area (Å²) >= 11 is 0. The van der Waals surface area contributed by atoms with E-state index in [-0.39, 0.29) is 17.9 Å². The number of ether oxygens (including phenoxy) is 2. The second-order valence-corrected chi connectivity index (χ2v) is 7.94. The molecule has 7 heteroatoms. The Balaban J connectivity index is 1.90. The van der Waals surface area contributed by atoms with Crippen LogP contribution in [0.3, 0.4) is 0 Å². The highest BCUT2D eigenvalue weighted by molar-refractivity contribution is 6.46. The van der Waals surface area contributed by atoms with Gasteiger partial charge in [-0.05, 0) is 55.3 Å². The molecule has 1 aliphatic rings. The number of hydrogen-bond donors (Lipinski definition) is 1. The lowest BCUT2D eigenvalue weighted by molar-refractivity contribution is -0.140. The van der Waals surface area contributed by atoms with E-state index in [0.717, 1.165) is 11.1 Å². The van der Waals surface area contributed by atoms with E-state index in [1.54, 1.807) is 49.8 Å². The number of para-hydroxylation sites is 1. The van der Waals surface area contributed by atoms with E-state index in [4.69, 9.17) is 9.47 Å². The molecule has 1 atom stereocenters. The van der Waals surface area contributed by atoms with Gasteiger partial charge in [-0.25, -0.2) is 0 Å². The molecule has 7 nitrogen and oxygen atoms in total. The van der Waals surface area contributed by atoms with Gasteiger partial charge in [-0.1, -0.05) is 24.3 Å². The highest BCUT2D eigenvalue weighted by Crippen LogP contribution is 2.43. The lowest BCUT2D eigenvalue weighted by atomic mass is 9.94. The molecule has 1 aliphatic heterocycles. The molecule has 1 aromatic heterocycles. The maximum absolute atomic E-state index is 13.3. The van der Waals surface area contributed by atoms with E-state index >= 15 is 0 Å². The monoisotopic (exact) mass is 458 g/mol. The molecular weight excluding hydrogens is 432 g/mol. The number of amides is 1. The molecule has 2 aromatic carbocycles. The van der Waals surface area contributed by atoms with Crippen molar-refractivity contribution in [1.29, 1.82) is 0 Å². The van der Waals surface area contributed by atoms with Gasteiger partial charge in [0.25, 0.3) is 11.7 Å². The van der Waals surface area contributed by atoms with Crippen molar-refractivity contribution in [1.82, 2.24) is 9.88 Å². The van der Waals surface area contributed by atoms with E-state index in [0.29, 0.717) is 29.2 Å².